The summed E-state index contributed by atoms with van der Waals surface area (Å²) >= 11 is 0. The van der Waals surface area contributed by atoms with Gasteiger partial charge in [0.15, 0.2) is 0 Å². The van der Waals surface area contributed by atoms with Crippen molar-refractivity contribution in [1.82, 2.24) is 9.62 Å². The number of benzene rings is 2. The number of carbonyl (C=O) groups is 1. The summed E-state index contributed by atoms with van der Waals surface area (Å²) in [6.45, 7) is -0.503. The van der Waals surface area contributed by atoms with Crippen LogP contribution in [-0.4, -0.2) is 61.5 Å². The fraction of sp³-hybridized carbons (Fsp3) is 0.316. The van der Waals surface area contributed by atoms with Crippen LogP contribution in [0.1, 0.15) is 5.56 Å². The van der Waals surface area contributed by atoms with Crippen molar-refractivity contribution in [2.75, 3.05) is 33.8 Å². The average Bonchev–Trinajstić information content (AvgIpc) is 2.73. The maximum absolute atomic E-state index is 13.5. The quantitative estimate of drug-likeness (QED) is 0.531. The lowest BCUT2D eigenvalue weighted by atomic mass is 10.2. The van der Waals surface area contributed by atoms with Gasteiger partial charge in [-0.15, -0.1) is 0 Å². The lowest BCUT2D eigenvalue weighted by Crippen LogP contribution is -2.36. The number of nitrogens with one attached hydrogen (secondary N) is 1. The highest BCUT2D eigenvalue weighted by molar-refractivity contribution is 7.91. The zero-order chi connectivity index (χ0) is 24.2. The predicted octanol–water partition coefficient (Wildman–Crippen LogP) is 1.92. The number of esters is 1. The number of sulfonamides is 1. The molecule has 0 spiro atoms. The van der Waals surface area contributed by atoms with E-state index >= 15 is 0 Å². The lowest BCUT2D eigenvalue weighted by molar-refractivity contribution is -0.141. The molecule has 0 atom stereocenters. The molecule has 0 radical (unpaired) electrons. The standard InChI is InChI=1S/C19H21F3N2O6S2/c1-24(13-18(25)30-2)11-10-23-32(28,29)17-12-15(8-9-16(17)19(20,21)22)31(26,27)14-6-4-3-5-7-14/h3-9,12,23H,10-11,13H2,1-2H3. The Labute approximate surface area is 184 Å². The van der Waals surface area contributed by atoms with Crippen molar-refractivity contribution in [2.45, 2.75) is 20.9 Å². The number of rotatable bonds is 9. The fourth-order valence-corrected chi connectivity index (χ4v) is 5.33. The van der Waals surface area contributed by atoms with Crippen molar-refractivity contribution in [1.29, 1.82) is 0 Å². The molecule has 0 saturated heterocycles. The van der Waals surface area contributed by atoms with Crippen LogP contribution >= 0.6 is 0 Å². The zero-order valence-electron chi connectivity index (χ0n) is 17.1. The van der Waals surface area contributed by atoms with Crippen LogP contribution in [0.15, 0.2) is 63.2 Å². The summed E-state index contributed by atoms with van der Waals surface area (Å²) in [5, 5.41) is 0. The highest BCUT2D eigenvalue weighted by atomic mass is 32.2. The third-order valence-electron chi connectivity index (χ3n) is 4.32. The van der Waals surface area contributed by atoms with Gasteiger partial charge in [-0.2, -0.15) is 13.2 Å². The second-order valence-electron chi connectivity index (χ2n) is 6.68. The summed E-state index contributed by atoms with van der Waals surface area (Å²) in [4.78, 5) is 10.6. The number of ether oxygens (including phenoxy) is 1. The molecule has 0 aliphatic rings. The van der Waals surface area contributed by atoms with E-state index in [-0.39, 0.29) is 24.5 Å². The second kappa shape index (κ2) is 9.98. The summed E-state index contributed by atoms with van der Waals surface area (Å²) in [5.74, 6) is -0.575. The molecule has 2 aromatic carbocycles. The third kappa shape index (κ3) is 6.28. The molecule has 1 N–H and O–H groups in total. The van der Waals surface area contributed by atoms with Crippen molar-refractivity contribution in [3.05, 3.63) is 54.1 Å². The van der Waals surface area contributed by atoms with Crippen LogP contribution < -0.4 is 4.72 Å². The Morgan fingerprint density at radius 1 is 1.03 bits per heavy atom. The third-order valence-corrected chi connectivity index (χ3v) is 7.59. The molecule has 2 rings (SSSR count). The molecule has 176 valence electrons. The number of nitrogens with zero attached hydrogens (tertiary/aromatic N) is 1. The molecule has 0 amide bonds. The Bertz CT molecular complexity index is 1170. The monoisotopic (exact) mass is 494 g/mol. The number of sulfone groups is 1. The molecule has 13 heteroatoms. The molecular formula is C19H21F3N2O6S2. The van der Waals surface area contributed by atoms with Gasteiger partial charge in [-0.1, -0.05) is 18.2 Å². The molecule has 0 fully saturated rings. The van der Waals surface area contributed by atoms with E-state index in [1.807, 2.05) is 4.72 Å². The highest BCUT2D eigenvalue weighted by Gasteiger charge is 2.38. The van der Waals surface area contributed by atoms with E-state index in [9.17, 15) is 34.8 Å². The van der Waals surface area contributed by atoms with E-state index in [4.69, 9.17) is 0 Å². The number of halogens is 3. The second-order valence-corrected chi connectivity index (χ2v) is 10.4. The van der Waals surface area contributed by atoms with Crippen LogP contribution in [0.25, 0.3) is 0 Å². The summed E-state index contributed by atoms with van der Waals surface area (Å²) < 4.78 is 97.7. The van der Waals surface area contributed by atoms with Crippen molar-refractivity contribution in [2.24, 2.45) is 0 Å². The smallest absolute Gasteiger partial charge is 0.417 e. The molecular weight excluding hydrogens is 473 g/mol. The van der Waals surface area contributed by atoms with Gasteiger partial charge in [-0.05, 0) is 37.4 Å². The maximum atomic E-state index is 13.5. The normalized spacial score (nSPS) is 12.7. The van der Waals surface area contributed by atoms with E-state index in [2.05, 4.69) is 4.74 Å². The van der Waals surface area contributed by atoms with Crippen molar-refractivity contribution in [3.63, 3.8) is 0 Å². The van der Waals surface area contributed by atoms with Crippen LogP contribution in [0.5, 0.6) is 0 Å². The molecule has 8 nitrogen and oxygen atoms in total. The molecule has 0 saturated carbocycles. The molecule has 0 unspecified atom stereocenters. The van der Waals surface area contributed by atoms with Crippen molar-refractivity contribution < 1.29 is 39.5 Å². The van der Waals surface area contributed by atoms with Crippen molar-refractivity contribution in [3.8, 4) is 0 Å². The zero-order valence-corrected chi connectivity index (χ0v) is 18.7. The van der Waals surface area contributed by atoms with Gasteiger partial charge in [0.2, 0.25) is 19.9 Å². The van der Waals surface area contributed by atoms with Crippen LogP contribution in [-0.2, 0) is 35.6 Å². The Morgan fingerprint density at radius 2 is 1.66 bits per heavy atom. The van der Waals surface area contributed by atoms with E-state index in [0.717, 1.165) is 0 Å². The summed E-state index contributed by atoms with van der Waals surface area (Å²) in [6.07, 6.45) is -5.04. The van der Waals surface area contributed by atoms with Gasteiger partial charge in [-0.3, -0.25) is 9.69 Å². The van der Waals surface area contributed by atoms with Gasteiger partial charge in [-0.25, -0.2) is 21.6 Å². The Hall–Kier alpha value is -2.48. The minimum Gasteiger partial charge on any atom is -0.468 e. The number of methoxy groups -OCH3 is 1. The predicted molar refractivity (Wildman–Crippen MR) is 108 cm³/mol. The van der Waals surface area contributed by atoms with Gasteiger partial charge in [0.05, 0.1) is 33.9 Å². The van der Waals surface area contributed by atoms with Gasteiger partial charge >= 0.3 is 12.1 Å². The van der Waals surface area contributed by atoms with Gasteiger partial charge in [0, 0.05) is 13.1 Å². The number of hydrogen-bond acceptors (Lipinski definition) is 7. The maximum Gasteiger partial charge on any atom is 0.417 e. The first-order chi connectivity index (χ1) is 14.8. The molecule has 0 aliphatic heterocycles. The number of hydrogen-bond donors (Lipinski definition) is 1. The Morgan fingerprint density at radius 3 is 2.22 bits per heavy atom. The first-order valence-electron chi connectivity index (χ1n) is 9.05. The summed E-state index contributed by atoms with van der Waals surface area (Å²) in [7, 11) is -6.34. The first-order valence-corrected chi connectivity index (χ1v) is 12.0. The van der Waals surface area contributed by atoms with E-state index in [1.165, 1.54) is 43.3 Å². The highest BCUT2D eigenvalue weighted by Crippen LogP contribution is 2.36. The summed E-state index contributed by atoms with van der Waals surface area (Å²) in [5.41, 5.74) is -1.50. The topological polar surface area (TPSA) is 110 Å². The number of carbonyl (C=O) groups excluding carboxylic acids is 1. The number of likely N-dealkylation sites (N-methyl/N-ethyl adjacent to an activating group) is 1. The van der Waals surface area contributed by atoms with Gasteiger partial charge < -0.3 is 4.74 Å². The lowest BCUT2D eigenvalue weighted by Gasteiger charge is -2.18. The number of alkyl halides is 3. The van der Waals surface area contributed by atoms with Crippen molar-refractivity contribution >= 4 is 25.8 Å². The van der Waals surface area contributed by atoms with Crippen LogP contribution in [0.3, 0.4) is 0 Å². The molecule has 32 heavy (non-hydrogen) atoms. The molecule has 0 aromatic heterocycles. The molecule has 0 aliphatic carbocycles. The molecule has 2 aromatic rings. The Balaban J connectivity index is 2.39. The largest absolute Gasteiger partial charge is 0.468 e. The molecule has 0 bridgehead atoms. The van der Waals surface area contributed by atoms with Crippen LogP contribution in [0.2, 0.25) is 0 Å². The Kier molecular flexibility index (Phi) is 8.04. The minimum absolute atomic E-state index is 0.0162. The summed E-state index contributed by atoms with van der Waals surface area (Å²) in [6, 6.07) is 8.55. The average molecular weight is 495 g/mol. The first kappa shape index (κ1) is 25.8. The fourth-order valence-electron chi connectivity index (χ4n) is 2.67. The van der Waals surface area contributed by atoms with Gasteiger partial charge in [0.25, 0.3) is 0 Å². The van der Waals surface area contributed by atoms with Crippen LogP contribution in [0, 0.1) is 0 Å². The van der Waals surface area contributed by atoms with E-state index in [1.54, 1.807) is 6.07 Å². The van der Waals surface area contributed by atoms with E-state index in [0.29, 0.717) is 18.2 Å². The molecule has 0 heterocycles. The van der Waals surface area contributed by atoms with Gasteiger partial charge in [0.1, 0.15) is 0 Å². The van der Waals surface area contributed by atoms with E-state index < -0.39 is 47.4 Å². The SMILES string of the molecule is COC(=O)CN(C)CCNS(=O)(=O)c1cc(S(=O)(=O)c2ccccc2)ccc1C(F)(F)F. The minimum atomic E-state index is -5.04. The van der Waals surface area contributed by atoms with Crippen LogP contribution in [0.4, 0.5) is 13.2 Å².